The van der Waals surface area contributed by atoms with Crippen molar-refractivity contribution in [2.24, 2.45) is 0 Å². The molecule has 1 aromatic carbocycles. The maximum atomic E-state index is 3.03. The molecule has 2 heteroatoms. The van der Waals surface area contributed by atoms with Gasteiger partial charge in [0.2, 0.25) is 0 Å². The van der Waals surface area contributed by atoms with Gasteiger partial charge in [0.1, 0.15) is 0 Å². The molecule has 0 spiro atoms. The quantitative estimate of drug-likeness (QED) is 0.379. The minimum atomic E-state index is 0. The minimum absolute atomic E-state index is 0. The van der Waals surface area contributed by atoms with Crippen LogP contribution in [0.15, 0.2) is 24.3 Å². The van der Waals surface area contributed by atoms with E-state index in [1.54, 1.807) is 0 Å². The van der Waals surface area contributed by atoms with Crippen molar-refractivity contribution in [1.29, 1.82) is 0 Å². The minimum Gasteiger partial charge on any atom is -1.00 e. The fourth-order valence-corrected chi connectivity index (χ4v) is 1.34. The molecule has 0 atom stereocenters. The Morgan fingerprint density at radius 2 is 1.71 bits per heavy atom. The van der Waals surface area contributed by atoms with Crippen molar-refractivity contribution in [1.82, 2.24) is 0 Å². The van der Waals surface area contributed by atoms with Crippen LogP contribution in [-0.2, 0) is 6.42 Å². The van der Waals surface area contributed by atoms with Crippen molar-refractivity contribution in [3.05, 3.63) is 35.9 Å². The van der Waals surface area contributed by atoms with Crippen LogP contribution in [-0.4, -0.2) is 23.1 Å². The predicted octanol–water partition coefficient (Wildman–Crippen LogP) is 0.233. The van der Waals surface area contributed by atoms with E-state index in [2.05, 4.69) is 25.1 Å². The van der Waals surface area contributed by atoms with Crippen LogP contribution in [0.2, 0.25) is 0 Å². The summed E-state index contributed by atoms with van der Waals surface area (Å²) in [5, 5.41) is 0. The van der Waals surface area contributed by atoms with Gasteiger partial charge in [-0.05, 0) is 0 Å². The summed E-state index contributed by atoms with van der Waals surface area (Å²) >= 11 is 0. The molecule has 0 N–H and O–H groups in total. The number of benzene rings is 1. The third kappa shape index (κ3) is 7.66. The van der Waals surface area contributed by atoms with Crippen LogP contribution in [0.5, 0.6) is 0 Å². The molecule has 1 rings (SSSR count). The molecule has 0 saturated heterocycles. The number of unbranched alkanes of at least 4 members (excludes halogenated alkanes) is 3. The standard InChI is InChI=1S/C12H17.ClH.Mg/c1-2-3-4-6-9-12-10-7-5-8-11-12;;/h7-8,10-11H,2-4,6,9H2,1H3;1H;/q-1;;+2/p-1. The summed E-state index contributed by atoms with van der Waals surface area (Å²) in [4.78, 5) is 0. The number of aryl methyl sites for hydroxylation is 1. The number of hydrogen-bond donors (Lipinski definition) is 0. The Bertz CT molecular complexity index is 199. The van der Waals surface area contributed by atoms with Crippen LogP contribution in [0, 0.1) is 6.07 Å². The topological polar surface area (TPSA) is 0 Å². The van der Waals surface area contributed by atoms with Gasteiger partial charge in [-0.2, -0.15) is 35.9 Å². The van der Waals surface area contributed by atoms with Gasteiger partial charge in [-0.15, -0.1) is 0 Å². The molecule has 0 bridgehead atoms. The van der Waals surface area contributed by atoms with Crippen LogP contribution >= 0.6 is 0 Å². The van der Waals surface area contributed by atoms with Crippen molar-refractivity contribution in [2.45, 2.75) is 39.0 Å². The molecule has 0 radical (unpaired) electrons. The van der Waals surface area contributed by atoms with E-state index in [-0.39, 0.29) is 35.5 Å². The Hall–Kier alpha value is 0.276. The largest absolute Gasteiger partial charge is 2.00 e. The maximum Gasteiger partial charge on any atom is 2.00 e. The van der Waals surface area contributed by atoms with Gasteiger partial charge >= 0.3 is 23.1 Å². The van der Waals surface area contributed by atoms with Gasteiger partial charge in [0.05, 0.1) is 0 Å². The molecule has 0 saturated carbocycles. The normalized spacial score (nSPS) is 8.64. The van der Waals surface area contributed by atoms with Crippen LogP contribution in [0.4, 0.5) is 0 Å². The first-order valence-electron chi connectivity index (χ1n) is 4.88. The molecule has 0 unspecified atom stereocenters. The van der Waals surface area contributed by atoms with Crippen LogP contribution < -0.4 is 12.4 Å². The molecule has 0 heterocycles. The molecule has 0 aromatic heterocycles. The zero-order valence-electron chi connectivity index (χ0n) is 8.93. The van der Waals surface area contributed by atoms with Crippen molar-refractivity contribution in [2.75, 3.05) is 0 Å². The molecule has 0 nitrogen and oxygen atoms in total. The fraction of sp³-hybridized carbons (Fsp3) is 0.500. The molecule has 0 aliphatic carbocycles. The van der Waals surface area contributed by atoms with Crippen LogP contribution in [0.1, 0.15) is 38.2 Å². The molecule has 0 fully saturated rings. The van der Waals surface area contributed by atoms with Gasteiger partial charge < -0.3 is 12.4 Å². The van der Waals surface area contributed by atoms with Crippen LogP contribution in [0.3, 0.4) is 0 Å². The van der Waals surface area contributed by atoms with Crippen LogP contribution in [0.25, 0.3) is 0 Å². The summed E-state index contributed by atoms with van der Waals surface area (Å²) in [7, 11) is 0. The molecular formula is C12H17ClMg. The van der Waals surface area contributed by atoms with E-state index in [4.69, 9.17) is 0 Å². The summed E-state index contributed by atoms with van der Waals surface area (Å²) in [6.45, 7) is 2.25. The Morgan fingerprint density at radius 1 is 1.07 bits per heavy atom. The fourth-order valence-electron chi connectivity index (χ4n) is 1.34. The second-order valence-corrected chi connectivity index (χ2v) is 3.22. The molecule has 14 heavy (non-hydrogen) atoms. The molecule has 0 aliphatic heterocycles. The molecule has 74 valence electrons. The number of hydrogen-bond acceptors (Lipinski definition) is 0. The van der Waals surface area contributed by atoms with Crippen molar-refractivity contribution in [3.63, 3.8) is 0 Å². The molecule has 0 aliphatic rings. The van der Waals surface area contributed by atoms with Gasteiger partial charge in [-0.1, -0.05) is 39.0 Å². The number of rotatable bonds is 5. The first-order valence-corrected chi connectivity index (χ1v) is 4.88. The Labute approximate surface area is 110 Å². The summed E-state index contributed by atoms with van der Waals surface area (Å²) in [5.41, 5.74) is 1.45. The van der Waals surface area contributed by atoms with E-state index in [1.807, 2.05) is 12.1 Å². The van der Waals surface area contributed by atoms with E-state index >= 15 is 0 Å². The predicted molar refractivity (Wildman–Crippen MR) is 58.9 cm³/mol. The molecule has 0 amide bonds. The summed E-state index contributed by atoms with van der Waals surface area (Å²) in [5.74, 6) is 0. The third-order valence-electron chi connectivity index (χ3n) is 2.11. The van der Waals surface area contributed by atoms with Crippen molar-refractivity contribution >= 4 is 23.1 Å². The van der Waals surface area contributed by atoms with E-state index in [0.717, 1.165) is 0 Å². The number of halogens is 1. The third-order valence-corrected chi connectivity index (χ3v) is 2.11. The zero-order valence-corrected chi connectivity index (χ0v) is 11.1. The maximum absolute atomic E-state index is 3.03. The van der Waals surface area contributed by atoms with Gasteiger partial charge in [-0.3, -0.25) is 0 Å². The zero-order chi connectivity index (χ0) is 8.65. The first kappa shape index (κ1) is 16.7. The second-order valence-electron chi connectivity index (χ2n) is 3.22. The van der Waals surface area contributed by atoms with E-state index in [0.29, 0.717) is 0 Å². The average molecular weight is 221 g/mol. The molecular weight excluding hydrogens is 204 g/mol. The molecule has 1 aromatic rings. The van der Waals surface area contributed by atoms with E-state index in [1.165, 1.54) is 37.7 Å². The van der Waals surface area contributed by atoms with Crippen molar-refractivity contribution < 1.29 is 12.4 Å². The SMILES string of the molecule is CCCCCCc1cc[c-]cc1.[Cl-].[Mg+2]. The van der Waals surface area contributed by atoms with E-state index < -0.39 is 0 Å². The van der Waals surface area contributed by atoms with Gasteiger partial charge in [0.25, 0.3) is 0 Å². The Kier molecular flexibility index (Phi) is 13.5. The van der Waals surface area contributed by atoms with E-state index in [9.17, 15) is 0 Å². The van der Waals surface area contributed by atoms with Gasteiger partial charge in [-0.25, -0.2) is 0 Å². The van der Waals surface area contributed by atoms with Gasteiger partial charge in [0, 0.05) is 0 Å². The monoisotopic (exact) mass is 220 g/mol. The summed E-state index contributed by atoms with van der Waals surface area (Å²) < 4.78 is 0. The summed E-state index contributed by atoms with van der Waals surface area (Å²) in [6.07, 6.45) is 6.63. The first-order chi connectivity index (χ1) is 5.93. The van der Waals surface area contributed by atoms with Crippen molar-refractivity contribution in [3.8, 4) is 0 Å². The second kappa shape index (κ2) is 11.4. The Morgan fingerprint density at radius 3 is 2.29 bits per heavy atom. The summed E-state index contributed by atoms with van der Waals surface area (Å²) in [6, 6.07) is 11.3. The smallest absolute Gasteiger partial charge is 1.00 e. The average Bonchev–Trinajstić information content (AvgIpc) is 2.14. The Balaban J connectivity index is 0. The van der Waals surface area contributed by atoms with Gasteiger partial charge in [0.15, 0.2) is 0 Å².